The van der Waals surface area contributed by atoms with Crippen LogP contribution < -0.4 is 5.73 Å². The van der Waals surface area contributed by atoms with Gasteiger partial charge in [0.05, 0.1) is 10.9 Å². The second-order valence-electron chi connectivity index (χ2n) is 2.40. The average Bonchev–Trinajstić information content (AvgIpc) is 2.30. The predicted molar refractivity (Wildman–Crippen MR) is 50.2 cm³/mol. The molecule has 0 aliphatic carbocycles. The molecule has 0 radical (unpaired) electrons. The van der Waals surface area contributed by atoms with E-state index >= 15 is 0 Å². The molecule has 0 amide bonds. The third-order valence-corrected chi connectivity index (χ3v) is 1.68. The lowest BCUT2D eigenvalue weighted by atomic mass is 10.3. The Labute approximate surface area is 75.8 Å². The van der Waals surface area contributed by atoms with Crippen LogP contribution in [0.25, 0.3) is 10.9 Å². The number of hydrogen-bond donors (Lipinski definition) is 1. The highest BCUT2D eigenvalue weighted by atomic mass is 35.5. The van der Waals surface area contributed by atoms with E-state index in [1.165, 1.54) is 0 Å². The summed E-state index contributed by atoms with van der Waals surface area (Å²) in [4.78, 5) is 3.95. The molecule has 0 aliphatic rings. The fraction of sp³-hybridized carbons (Fsp3) is 0.143. The van der Waals surface area contributed by atoms with Gasteiger partial charge in [-0.25, -0.2) is 0 Å². The Hall–Kier alpha value is -1.29. The van der Waals surface area contributed by atoms with Crippen LogP contribution in [0.4, 0.5) is 5.82 Å². The number of pyridine rings is 1. The van der Waals surface area contributed by atoms with Crippen LogP contribution in [0.3, 0.4) is 0 Å². The van der Waals surface area contributed by atoms with Crippen molar-refractivity contribution in [1.29, 1.82) is 0 Å². The fourth-order valence-electron chi connectivity index (χ4n) is 1.14. The molecule has 0 atom stereocenters. The maximum atomic E-state index is 5.61. The molecule has 0 spiro atoms. The van der Waals surface area contributed by atoms with E-state index in [0.717, 1.165) is 10.9 Å². The van der Waals surface area contributed by atoms with Crippen LogP contribution in [0.5, 0.6) is 0 Å². The van der Waals surface area contributed by atoms with Gasteiger partial charge in [-0.2, -0.15) is 5.10 Å². The SMILES string of the molecule is Cl.Cn1nc(N)c2cnccc21. The Balaban J connectivity index is 0.000000720. The van der Waals surface area contributed by atoms with E-state index in [-0.39, 0.29) is 12.4 Å². The molecule has 4 nitrogen and oxygen atoms in total. The van der Waals surface area contributed by atoms with E-state index in [9.17, 15) is 0 Å². The molecule has 12 heavy (non-hydrogen) atoms. The topological polar surface area (TPSA) is 56.7 Å². The highest BCUT2D eigenvalue weighted by Gasteiger charge is 2.02. The Kier molecular flexibility index (Phi) is 2.19. The number of fused-ring (bicyclic) bond motifs is 1. The second kappa shape index (κ2) is 2.98. The molecule has 0 saturated heterocycles. The van der Waals surface area contributed by atoms with Crippen molar-refractivity contribution < 1.29 is 0 Å². The van der Waals surface area contributed by atoms with Gasteiger partial charge < -0.3 is 5.73 Å². The third-order valence-electron chi connectivity index (χ3n) is 1.68. The van der Waals surface area contributed by atoms with Crippen molar-refractivity contribution in [3.8, 4) is 0 Å². The monoisotopic (exact) mass is 184 g/mol. The molecule has 5 heteroatoms. The first-order valence-electron chi connectivity index (χ1n) is 3.31. The van der Waals surface area contributed by atoms with Crippen molar-refractivity contribution in [2.24, 2.45) is 7.05 Å². The number of aryl methyl sites for hydroxylation is 1. The van der Waals surface area contributed by atoms with E-state index in [1.54, 1.807) is 17.1 Å². The quantitative estimate of drug-likeness (QED) is 0.664. The van der Waals surface area contributed by atoms with Gasteiger partial charge >= 0.3 is 0 Å². The van der Waals surface area contributed by atoms with E-state index in [2.05, 4.69) is 10.1 Å². The van der Waals surface area contributed by atoms with E-state index in [0.29, 0.717) is 5.82 Å². The summed E-state index contributed by atoms with van der Waals surface area (Å²) in [5.41, 5.74) is 6.62. The lowest BCUT2D eigenvalue weighted by molar-refractivity contribution is 0.802. The van der Waals surface area contributed by atoms with Gasteiger partial charge in [-0.05, 0) is 6.07 Å². The number of rotatable bonds is 0. The van der Waals surface area contributed by atoms with Crippen LogP contribution >= 0.6 is 12.4 Å². The molecule has 2 aromatic heterocycles. The lowest BCUT2D eigenvalue weighted by Crippen LogP contribution is -1.90. The molecule has 0 unspecified atom stereocenters. The van der Waals surface area contributed by atoms with Gasteiger partial charge in [-0.15, -0.1) is 12.4 Å². The molecule has 0 aliphatic heterocycles. The number of halogens is 1. The summed E-state index contributed by atoms with van der Waals surface area (Å²) in [5.74, 6) is 0.538. The number of nitrogen functional groups attached to an aromatic ring is 1. The molecule has 2 heterocycles. The minimum Gasteiger partial charge on any atom is -0.382 e. The number of nitrogens with zero attached hydrogens (tertiary/aromatic N) is 3. The molecule has 2 rings (SSSR count). The summed E-state index contributed by atoms with van der Waals surface area (Å²) in [6, 6.07) is 1.89. The summed E-state index contributed by atoms with van der Waals surface area (Å²) < 4.78 is 1.74. The summed E-state index contributed by atoms with van der Waals surface area (Å²) in [7, 11) is 1.86. The fourth-order valence-corrected chi connectivity index (χ4v) is 1.14. The molecule has 0 aromatic carbocycles. The first kappa shape index (κ1) is 8.80. The molecule has 0 saturated carbocycles. The van der Waals surface area contributed by atoms with Gasteiger partial charge in [0.15, 0.2) is 5.82 Å². The molecular weight excluding hydrogens is 176 g/mol. The van der Waals surface area contributed by atoms with Crippen LogP contribution in [0.15, 0.2) is 18.5 Å². The third kappa shape index (κ3) is 1.10. The average molecular weight is 185 g/mol. The van der Waals surface area contributed by atoms with Crippen LogP contribution in [0.1, 0.15) is 0 Å². The molecule has 64 valence electrons. The van der Waals surface area contributed by atoms with E-state index in [1.807, 2.05) is 13.1 Å². The number of anilines is 1. The minimum absolute atomic E-state index is 0. The maximum Gasteiger partial charge on any atom is 0.154 e. The summed E-state index contributed by atoms with van der Waals surface area (Å²) in [6.07, 6.45) is 3.45. The van der Waals surface area contributed by atoms with Crippen molar-refractivity contribution in [2.45, 2.75) is 0 Å². The van der Waals surface area contributed by atoms with Crippen molar-refractivity contribution in [3.63, 3.8) is 0 Å². The molecular formula is C7H9ClN4. The zero-order chi connectivity index (χ0) is 7.84. The number of nitrogens with two attached hydrogens (primary N) is 1. The van der Waals surface area contributed by atoms with Crippen LogP contribution in [0.2, 0.25) is 0 Å². The second-order valence-corrected chi connectivity index (χ2v) is 2.40. The first-order valence-corrected chi connectivity index (χ1v) is 3.31. The van der Waals surface area contributed by atoms with Gasteiger partial charge in [-0.3, -0.25) is 9.67 Å². The summed E-state index contributed by atoms with van der Waals surface area (Å²) in [5, 5.41) is 4.96. The maximum absolute atomic E-state index is 5.61. The Morgan fingerprint density at radius 1 is 1.50 bits per heavy atom. The molecule has 2 N–H and O–H groups in total. The van der Waals surface area contributed by atoms with E-state index < -0.39 is 0 Å². The van der Waals surface area contributed by atoms with Crippen molar-refractivity contribution in [2.75, 3.05) is 5.73 Å². The van der Waals surface area contributed by atoms with Gasteiger partial charge in [0.2, 0.25) is 0 Å². The van der Waals surface area contributed by atoms with Gasteiger partial charge in [-0.1, -0.05) is 0 Å². The Morgan fingerprint density at radius 2 is 2.25 bits per heavy atom. The smallest absolute Gasteiger partial charge is 0.154 e. The minimum atomic E-state index is 0. The normalized spacial score (nSPS) is 9.75. The highest BCUT2D eigenvalue weighted by Crippen LogP contribution is 2.16. The Bertz CT molecular complexity index is 359. The summed E-state index contributed by atoms with van der Waals surface area (Å²) >= 11 is 0. The molecule has 0 fully saturated rings. The van der Waals surface area contributed by atoms with Gasteiger partial charge in [0.25, 0.3) is 0 Å². The standard InChI is InChI=1S/C7H8N4.ClH/c1-11-6-2-3-9-4-5(6)7(8)10-11;/h2-4H,1H3,(H2,8,10);1H. The zero-order valence-electron chi connectivity index (χ0n) is 6.56. The number of aromatic nitrogens is 3. The highest BCUT2D eigenvalue weighted by molar-refractivity contribution is 5.87. The largest absolute Gasteiger partial charge is 0.382 e. The van der Waals surface area contributed by atoms with Crippen molar-refractivity contribution in [3.05, 3.63) is 18.5 Å². The van der Waals surface area contributed by atoms with Crippen molar-refractivity contribution in [1.82, 2.24) is 14.8 Å². The van der Waals surface area contributed by atoms with E-state index in [4.69, 9.17) is 5.73 Å². The zero-order valence-corrected chi connectivity index (χ0v) is 7.38. The van der Waals surface area contributed by atoms with Gasteiger partial charge in [0, 0.05) is 19.4 Å². The van der Waals surface area contributed by atoms with Crippen LogP contribution in [-0.4, -0.2) is 14.8 Å². The summed E-state index contributed by atoms with van der Waals surface area (Å²) in [6.45, 7) is 0. The van der Waals surface area contributed by atoms with Crippen LogP contribution in [0, 0.1) is 0 Å². The predicted octanol–water partition coefficient (Wildman–Crippen LogP) is 0.972. The first-order chi connectivity index (χ1) is 5.29. The molecule has 0 bridgehead atoms. The van der Waals surface area contributed by atoms with Gasteiger partial charge in [0.1, 0.15) is 0 Å². The molecule has 2 aromatic rings. The Morgan fingerprint density at radius 3 is 2.92 bits per heavy atom. The van der Waals surface area contributed by atoms with Crippen molar-refractivity contribution >= 4 is 29.1 Å². The van der Waals surface area contributed by atoms with Crippen LogP contribution in [-0.2, 0) is 7.05 Å². The lowest BCUT2D eigenvalue weighted by Gasteiger charge is -1.89. The number of hydrogen-bond acceptors (Lipinski definition) is 3.